The van der Waals surface area contributed by atoms with E-state index < -0.39 is 0 Å². The largest absolute Gasteiger partial charge is 0.291 e. The average molecular weight is 166 g/mol. The first-order valence-corrected chi connectivity index (χ1v) is 4.85. The van der Waals surface area contributed by atoms with E-state index in [4.69, 9.17) is 5.26 Å². The molecule has 0 amide bonds. The van der Waals surface area contributed by atoms with Crippen molar-refractivity contribution in [2.45, 2.75) is 38.6 Å². The maximum Gasteiger partial charge on any atom is 0.0865 e. The van der Waals surface area contributed by atoms with Gasteiger partial charge in [0.15, 0.2) is 0 Å². The van der Waals surface area contributed by atoms with Crippen LogP contribution in [0, 0.1) is 17.2 Å². The Morgan fingerprint density at radius 1 is 1.50 bits per heavy atom. The fourth-order valence-electron chi connectivity index (χ4n) is 2.06. The van der Waals surface area contributed by atoms with Gasteiger partial charge in [-0.15, -0.1) is 0 Å². The van der Waals surface area contributed by atoms with Crippen molar-refractivity contribution in [3.63, 3.8) is 0 Å². The van der Waals surface area contributed by atoms with Crippen LogP contribution in [0.5, 0.6) is 0 Å². The summed E-state index contributed by atoms with van der Waals surface area (Å²) in [5.74, 6) is 0.913. The lowest BCUT2D eigenvalue weighted by Gasteiger charge is -2.20. The van der Waals surface area contributed by atoms with Crippen LogP contribution in [0.2, 0.25) is 0 Å². The van der Waals surface area contributed by atoms with E-state index in [0.717, 1.165) is 5.92 Å². The predicted molar refractivity (Wildman–Crippen MR) is 49.7 cm³/mol. The second-order valence-corrected chi connectivity index (χ2v) is 3.81. The molecule has 0 aromatic rings. The lowest BCUT2D eigenvalue weighted by molar-refractivity contribution is 0.266. The summed E-state index contributed by atoms with van der Waals surface area (Å²) in [6.45, 7) is 2.85. The minimum Gasteiger partial charge on any atom is -0.291 e. The van der Waals surface area contributed by atoms with Gasteiger partial charge in [-0.1, -0.05) is 13.3 Å². The lowest BCUT2D eigenvalue weighted by Crippen LogP contribution is -2.29. The first kappa shape index (κ1) is 9.54. The standard InChI is InChI=1S/C10H18N2/c1-3-9-4-5-10(8-9)12(2)7-6-11/h9-10H,3-5,7-8H2,1-2H3. The number of hydrogen-bond donors (Lipinski definition) is 0. The van der Waals surface area contributed by atoms with Gasteiger partial charge in [-0.2, -0.15) is 5.26 Å². The normalized spacial score (nSPS) is 29.2. The van der Waals surface area contributed by atoms with E-state index in [1.54, 1.807) is 0 Å². The molecule has 0 heterocycles. The summed E-state index contributed by atoms with van der Waals surface area (Å²) in [7, 11) is 2.06. The van der Waals surface area contributed by atoms with E-state index in [9.17, 15) is 0 Å². The highest BCUT2D eigenvalue weighted by Gasteiger charge is 2.25. The lowest BCUT2D eigenvalue weighted by atomic mass is 10.1. The van der Waals surface area contributed by atoms with Crippen molar-refractivity contribution in [3.05, 3.63) is 0 Å². The molecule has 0 N–H and O–H groups in total. The second-order valence-electron chi connectivity index (χ2n) is 3.81. The highest BCUT2D eigenvalue weighted by Crippen LogP contribution is 2.30. The minimum atomic E-state index is 0.584. The van der Waals surface area contributed by atoms with Crippen molar-refractivity contribution in [2.75, 3.05) is 13.6 Å². The molecule has 0 radical (unpaired) electrons. The molecule has 68 valence electrons. The van der Waals surface area contributed by atoms with Crippen LogP contribution in [0.3, 0.4) is 0 Å². The Bertz CT molecular complexity index is 171. The minimum absolute atomic E-state index is 0.584. The Labute approximate surface area is 75.2 Å². The van der Waals surface area contributed by atoms with Crippen molar-refractivity contribution in [2.24, 2.45) is 5.92 Å². The van der Waals surface area contributed by atoms with Gasteiger partial charge in [-0.05, 0) is 32.2 Å². The SMILES string of the molecule is CCC1CCC(N(C)CC#N)C1. The van der Waals surface area contributed by atoms with Crippen LogP contribution in [-0.4, -0.2) is 24.5 Å². The van der Waals surface area contributed by atoms with E-state index in [1.807, 2.05) is 0 Å². The van der Waals surface area contributed by atoms with E-state index in [0.29, 0.717) is 12.6 Å². The highest BCUT2D eigenvalue weighted by atomic mass is 15.1. The summed E-state index contributed by atoms with van der Waals surface area (Å²) in [4.78, 5) is 2.19. The van der Waals surface area contributed by atoms with Crippen molar-refractivity contribution in [1.29, 1.82) is 5.26 Å². The molecule has 2 heteroatoms. The molecule has 1 fully saturated rings. The highest BCUT2D eigenvalue weighted by molar-refractivity contribution is 4.85. The monoisotopic (exact) mass is 166 g/mol. The summed E-state index contributed by atoms with van der Waals surface area (Å²) in [5.41, 5.74) is 0. The molecule has 1 rings (SSSR count). The number of nitriles is 1. The summed E-state index contributed by atoms with van der Waals surface area (Å²) in [6.07, 6.45) is 5.25. The Kier molecular flexibility index (Phi) is 3.55. The molecule has 1 saturated carbocycles. The Balaban J connectivity index is 2.31. The first-order valence-electron chi connectivity index (χ1n) is 4.85. The molecule has 2 unspecified atom stereocenters. The number of hydrogen-bond acceptors (Lipinski definition) is 2. The summed E-state index contributed by atoms with van der Waals surface area (Å²) in [5, 5.41) is 8.53. The van der Waals surface area contributed by atoms with Crippen LogP contribution in [0.4, 0.5) is 0 Å². The zero-order chi connectivity index (χ0) is 8.97. The van der Waals surface area contributed by atoms with Gasteiger partial charge in [-0.25, -0.2) is 0 Å². The fourth-order valence-corrected chi connectivity index (χ4v) is 2.06. The molecular weight excluding hydrogens is 148 g/mol. The third-order valence-electron chi connectivity index (χ3n) is 3.03. The Morgan fingerprint density at radius 3 is 2.75 bits per heavy atom. The van der Waals surface area contributed by atoms with E-state index in [-0.39, 0.29) is 0 Å². The summed E-state index contributed by atoms with van der Waals surface area (Å²) >= 11 is 0. The molecule has 0 saturated heterocycles. The number of rotatable bonds is 3. The molecule has 1 aliphatic carbocycles. The van der Waals surface area contributed by atoms with Crippen LogP contribution in [0.15, 0.2) is 0 Å². The van der Waals surface area contributed by atoms with Crippen LogP contribution in [0.25, 0.3) is 0 Å². The Morgan fingerprint density at radius 2 is 2.25 bits per heavy atom. The number of nitrogens with zero attached hydrogens (tertiary/aromatic N) is 2. The molecule has 1 aliphatic rings. The van der Waals surface area contributed by atoms with Crippen LogP contribution in [0.1, 0.15) is 32.6 Å². The molecule has 0 aromatic heterocycles. The molecule has 0 aliphatic heterocycles. The summed E-state index contributed by atoms with van der Waals surface area (Å²) < 4.78 is 0. The smallest absolute Gasteiger partial charge is 0.0865 e. The maximum absolute atomic E-state index is 8.53. The quantitative estimate of drug-likeness (QED) is 0.600. The van der Waals surface area contributed by atoms with Crippen molar-refractivity contribution in [1.82, 2.24) is 4.90 Å². The van der Waals surface area contributed by atoms with Crippen molar-refractivity contribution < 1.29 is 0 Å². The fraction of sp³-hybridized carbons (Fsp3) is 0.900. The van der Waals surface area contributed by atoms with Gasteiger partial charge in [0.05, 0.1) is 12.6 Å². The molecule has 2 nitrogen and oxygen atoms in total. The van der Waals surface area contributed by atoms with Gasteiger partial charge < -0.3 is 0 Å². The van der Waals surface area contributed by atoms with Crippen LogP contribution < -0.4 is 0 Å². The Hall–Kier alpha value is -0.550. The molecular formula is C10H18N2. The molecule has 2 atom stereocenters. The zero-order valence-electron chi connectivity index (χ0n) is 8.08. The van der Waals surface area contributed by atoms with E-state index in [1.165, 1.54) is 25.7 Å². The van der Waals surface area contributed by atoms with Crippen molar-refractivity contribution in [3.8, 4) is 6.07 Å². The topological polar surface area (TPSA) is 27.0 Å². The molecule has 12 heavy (non-hydrogen) atoms. The van der Waals surface area contributed by atoms with E-state index in [2.05, 4.69) is 24.9 Å². The van der Waals surface area contributed by atoms with Crippen LogP contribution >= 0.6 is 0 Å². The van der Waals surface area contributed by atoms with Crippen LogP contribution in [-0.2, 0) is 0 Å². The summed E-state index contributed by atoms with van der Waals surface area (Å²) in [6, 6.07) is 2.88. The molecule has 0 aromatic carbocycles. The third kappa shape index (κ3) is 2.22. The first-order chi connectivity index (χ1) is 5.77. The van der Waals surface area contributed by atoms with Gasteiger partial charge in [0.1, 0.15) is 0 Å². The molecule has 0 spiro atoms. The third-order valence-corrected chi connectivity index (χ3v) is 3.03. The predicted octanol–water partition coefficient (Wildman–Crippen LogP) is 2.02. The van der Waals surface area contributed by atoms with E-state index >= 15 is 0 Å². The van der Waals surface area contributed by atoms with Gasteiger partial charge in [0.25, 0.3) is 0 Å². The zero-order valence-corrected chi connectivity index (χ0v) is 8.08. The van der Waals surface area contributed by atoms with Gasteiger partial charge in [-0.3, -0.25) is 4.90 Å². The van der Waals surface area contributed by atoms with Gasteiger partial charge in [0.2, 0.25) is 0 Å². The van der Waals surface area contributed by atoms with Crippen molar-refractivity contribution >= 4 is 0 Å². The molecule has 0 bridgehead atoms. The van der Waals surface area contributed by atoms with Gasteiger partial charge >= 0.3 is 0 Å². The van der Waals surface area contributed by atoms with Gasteiger partial charge in [0, 0.05) is 6.04 Å². The maximum atomic E-state index is 8.53. The second kappa shape index (κ2) is 4.47. The average Bonchev–Trinajstić information content (AvgIpc) is 2.52.